The molecule has 0 bridgehead atoms. The average molecular weight is 165 g/mol. The standard InChI is InChI=1S/C6H10BF3N/c8-7(9,10)6-1-4-2-11-3-5(4)6/h4-6,11H,1-3H2/q-1/p+1. The summed E-state index contributed by atoms with van der Waals surface area (Å²) < 4.78 is 36.6. The van der Waals surface area contributed by atoms with Gasteiger partial charge in [-0.1, -0.05) is 12.2 Å². The fraction of sp³-hybridized carbons (Fsp3) is 1.00. The first kappa shape index (κ1) is 7.46. The second kappa shape index (κ2) is 2.15. The third-order valence-electron chi connectivity index (χ3n) is 3.12. The van der Waals surface area contributed by atoms with Gasteiger partial charge in [0.1, 0.15) is 0 Å². The minimum atomic E-state index is -4.54. The van der Waals surface area contributed by atoms with E-state index in [1.165, 1.54) is 0 Å². The predicted octanol–water partition coefficient (Wildman–Crippen LogP) is 0.417. The molecule has 0 amide bonds. The summed E-state index contributed by atoms with van der Waals surface area (Å²) in [7, 11) is 0. The van der Waals surface area contributed by atoms with Gasteiger partial charge in [0.25, 0.3) is 0 Å². The molecule has 11 heavy (non-hydrogen) atoms. The molecule has 1 aliphatic heterocycles. The molecule has 1 aliphatic carbocycles. The SMILES string of the molecule is F[B-](F)(F)C1CC2C[NH2+]CC21. The molecule has 3 atom stereocenters. The van der Waals surface area contributed by atoms with E-state index in [1.54, 1.807) is 0 Å². The van der Waals surface area contributed by atoms with Gasteiger partial charge in [-0.15, -0.1) is 0 Å². The van der Waals surface area contributed by atoms with E-state index < -0.39 is 12.8 Å². The Labute approximate surface area is 63.4 Å². The van der Waals surface area contributed by atoms with Crippen molar-refractivity contribution in [3.63, 3.8) is 0 Å². The van der Waals surface area contributed by atoms with Crippen LogP contribution in [0.3, 0.4) is 0 Å². The minimum absolute atomic E-state index is 0.0324. The maximum Gasteiger partial charge on any atom is 0.481 e. The van der Waals surface area contributed by atoms with Crippen LogP contribution in [-0.2, 0) is 0 Å². The molecule has 0 aromatic heterocycles. The number of fused-ring (bicyclic) bond motifs is 1. The highest BCUT2D eigenvalue weighted by atomic mass is 19.4. The van der Waals surface area contributed by atoms with Crippen molar-refractivity contribution in [1.29, 1.82) is 0 Å². The molecule has 0 aromatic rings. The van der Waals surface area contributed by atoms with Gasteiger partial charge in [-0.05, 0) is 5.92 Å². The van der Waals surface area contributed by atoms with Gasteiger partial charge in [-0.25, -0.2) is 0 Å². The van der Waals surface area contributed by atoms with Crippen molar-refractivity contribution < 1.29 is 18.3 Å². The third-order valence-corrected chi connectivity index (χ3v) is 3.12. The van der Waals surface area contributed by atoms with E-state index in [4.69, 9.17) is 0 Å². The van der Waals surface area contributed by atoms with Crippen LogP contribution >= 0.6 is 0 Å². The summed E-state index contributed by atoms with van der Waals surface area (Å²) in [5.74, 6) is -0.572. The zero-order chi connectivity index (χ0) is 8.06. The summed E-state index contributed by atoms with van der Waals surface area (Å²) in [5.41, 5.74) is 0. The highest BCUT2D eigenvalue weighted by Gasteiger charge is 2.54. The Morgan fingerprint density at radius 2 is 1.91 bits per heavy atom. The van der Waals surface area contributed by atoms with Gasteiger partial charge in [-0.3, -0.25) is 0 Å². The Kier molecular flexibility index (Phi) is 1.46. The van der Waals surface area contributed by atoms with Crippen molar-refractivity contribution in [3.05, 3.63) is 0 Å². The van der Waals surface area contributed by atoms with Gasteiger partial charge in [0.05, 0.1) is 13.1 Å². The summed E-state index contributed by atoms with van der Waals surface area (Å²) in [4.78, 5) is 0. The molecule has 2 N–H and O–H groups in total. The van der Waals surface area contributed by atoms with E-state index in [9.17, 15) is 12.9 Å². The second-order valence-corrected chi connectivity index (χ2v) is 3.71. The summed E-state index contributed by atoms with van der Waals surface area (Å²) in [5, 5.41) is 2.01. The normalized spacial score (nSPS) is 43.4. The zero-order valence-electron chi connectivity index (χ0n) is 6.14. The Morgan fingerprint density at radius 3 is 2.45 bits per heavy atom. The first-order valence-corrected chi connectivity index (χ1v) is 4.10. The van der Waals surface area contributed by atoms with Gasteiger partial charge >= 0.3 is 6.98 Å². The number of halogens is 3. The first-order chi connectivity index (χ1) is 5.09. The first-order valence-electron chi connectivity index (χ1n) is 4.10. The molecule has 3 unspecified atom stereocenters. The second-order valence-electron chi connectivity index (χ2n) is 3.71. The number of quaternary nitrogens is 1. The molecule has 2 aliphatic rings. The predicted molar refractivity (Wildman–Crippen MR) is 36.1 cm³/mol. The van der Waals surface area contributed by atoms with Gasteiger partial charge in [-0.2, -0.15) is 0 Å². The van der Waals surface area contributed by atoms with Crippen LogP contribution in [-0.4, -0.2) is 20.1 Å². The van der Waals surface area contributed by atoms with Crippen LogP contribution in [0.5, 0.6) is 0 Å². The van der Waals surface area contributed by atoms with Gasteiger partial charge in [0, 0.05) is 5.92 Å². The largest absolute Gasteiger partial charge is 0.481 e. The van der Waals surface area contributed by atoms with Crippen LogP contribution in [0.4, 0.5) is 12.9 Å². The molecule has 0 aromatic carbocycles. The van der Waals surface area contributed by atoms with Crippen molar-refractivity contribution in [1.82, 2.24) is 0 Å². The highest BCUT2D eigenvalue weighted by Crippen LogP contribution is 2.52. The number of hydrogen-bond acceptors (Lipinski definition) is 0. The molecule has 0 spiro atoms. The van der Waals surface area contributed by atoms with E-state index >= 15 is 0 Å². The number of rotatable bonds is 1. The summed E-state index contributed by atoms with van der Waals surface area (Å²) in [6.45, 7) is -2.91. The molecule has 64 valence electrons. The fourth-order valence-electron chi connectivity index (χ4n) is 2.43. The van der Waals surface area contributed by atoms with Gasteiger partial charge < -0.3 is 18.3 Å². The summed E-state index contributed by atoms with van der Waals surface area (Å²) >= 11 is 0. The Balaban J connectivity index is 2.00. The summed E-state index contributed by atoms with van der Waals surface area (Å²) in [6.07, 6.45) is 0.407. The van der Waals surface area contributed by atoms with Crippen LogP contribution < -0.4 is 5.32 Å². The van der Waals surface area contributed by atoms with Gasteiger partial charge in [0.15, 0.2) is 0 Å². The molecule has 2 fully saturated rings. The molecule has 1 saturated heterocycles. The molecule has 0 radical (unpaired) electrons. The maximum absolute atomic E-state index is 12.2. The molecular formula is C6H11BF3N. The lowest BCUT2D eigenvalue weighted by Crippen LogP contribution is -2.81. The zero-order valence-corrected chi connectivity index (χ0v) is 6.14. The fourth-order valence-corrected chi connectivity index (χ4v) is 2.43. The minimum Gasteiger partial charge on any atom is -0.449 e. The van der Waals surface area contributed by atoms with Crippen molar-refractivity contribution in [3.8, 4) is 0 Å². The Hall–Kier alpha value is -0.185. The molecule has 2 rings (SSSR count). The van der Waals surface area contributed by atoms with Crippen LogP contribution in [0.2, 0.25) is 5.82 Å². The van der Waals surface area contributed by atoms with E-state index in [-0.39, 0.29) is 5.92 Å². The lowest BCUT2D eigenvalue weighted by atomic mass is 9.51. The lowest BCUT2D eigenvalue weighted by molar-refractivity contribution is -0.639. The topological polar surface area (TPSA) is 16.6 Å². The molecular weight excluding hydrogens is 154 g/mol. The van der Waals surface area contributed by atoms with Crippen LogP contribution in [0, 0.1) is 11.8 Å². The van der Waals surface area contributed by atoms with Crippen molar-refractivity contribution in [2.75, 3.05) is 13.1 Å². The van der Waals surface area contributed by atoms with Crippen molar-refractivity contribution in [2.24, 2.45) is 11.8 Å². The van der Waals surface area contributed by atoms with Gasteiger partial charge in [0.2, 0.25) is 0 Å². The van der Waals surface area contributed by atoms with Crippen molar-refractivity contribution in [2.45, 2.75) is 12.2 Å². The third kappa shape index (κ3) is 1.06. The van der Waals surface area contributed by atoms with Crippen LogP contribution in [0.1, 0.15) is 6.42 Å². The number of hydrogen-bond donors (Lipinski definition) is 1. The lowest BCUT2D eigenvalue weighted by Gasteiger charge is -2.43. The Bertz CT molecular complexity index is 170. The summed E-state index contributed by atoms with van der Waals surface area (Å²) in [6, 6.07) is 0. The molecule has 5 heteroatoms. The molecule has 1 heterocycles. The molecule has 1 nitrogen and oxygen atoms in total. The quantitative estimate of drug-likeness (QED) is 0.542. The highest BCUT2D eigenvalue weighted by molar-refractivity contribution is 6.60. The monoisotopic (exact) mass is 165 g/mol. The van der Waals surface area contributed by atoms with E-state index in [0.29, 0.717) is 18.9 Å². The smallest absolute Gasteiger partial charge is 0.449 e. The van der Waals surface area contributed by atoms with E-state index in [2.05, 4.69) is 0 Å². The van der Waals surface area contributed by atoms with Crippen molar-refractivity contribution >= 4 is 6.98 Å². The van der Waals surface area contributed by atoms with Crippen LogP contribution in [0.15, 0.2) is 0 Å². The Morgan fingerprint density at radius 1 is 1.18 bits per heavy atom. The van der Waals surface area contributed by atoms with E-state index in [1.807, 2.05) is 5.32 Å². The van der Waals surface area contributed by atoms with E-state index in [0.717, 1.165) is 6.54 Å². The average Bonchev–Trinajstić information content (AvgIpc) is 2.08. The van der Waals surface area contributed by atoms with Crippen LogP contribution in [0.25, 0.3) is 0 Å². The number of nitrogens with two attached hydrogens (primary N) is 1. The maximum atomic E-state index is 12.2. The molecule has 1 saturated carbocycles.